The lowest BCUT2D eigenvalue weighted by molar-refractivity contribution is -0.150. The molecule has 0 saturated heterocycles. The van der Waals surface area contributed by atoms with Gasteiger partial charge in [0.1, 0.15) is 0 Å². The molecule has 0 aromatic heterocycles. The molecule has 0 bridgehead atoms. The molecule has 8 heteroatoms. The van der Waals surface area contributed by atoms with Gasteiger partial charge in [0.25, 0.3) is 0 Å². The highest BCUT2D eigenvalue weighted by Gasteiger charge is 2.10. The van der Waals surface area contributed by atoms with Gasteiger partial charge in [0.2, 0.25) is 0 Å². The molecular formula is C13H24O8. The van der Waals surface area contributed by atoms with Gasteiger partial charge < -0.3 is 29.9 Å². The Hall–Kier alpha value is -1.32. The SMILES string of the molecule is CC(O)CO.CC(O)COCC(C)O.O=C1C=CC(=O)O1. The van der Waals surface area contributed by atoms with E-state index in [9.17, 15) is 9.59 Å². The minimum absolute atomic E-state index is 0.139. The number of cyclic esters (lactones) is 2. The first kappa shape index (κ1) is 22.0. The van der Waals surface area contributed by atoms with E-state index in [0.717, 1.165) is 12.2 Å². The van der Waals surface area contributed by atoms with Crippen LogP contribution < -0.4 is 0 Å². The fourth-order valence-corrected chi connectivity index (χ4v) is 0.712. The Morgan fingerprint density at radius 3 is 1.43 bits per heavy atom. The summed E-state index contributed by atoms with van der Waals surface area (Å²) in [5, 5.41) is 33.3. The van der Waals surface area contributed by atoms with Crippen molar-refractivity contribution in [2.45, 2.75) is 39.1 Å². The molecule has 3 atom stereocenters. The molecule has 4 N–H and O–H groups in total. The second-order valence-electron chi connectivity index (χ2n) is 4.34. The third kappa shape index (κ3) is 21.1. The predicted molar refractivity (Wildman–Crippen MR) is 73.2 cm³/mol. The Kier molecular flexibility index (Phi) is 14.3. The Morgan fingerprint density at radius 2 is 1.29 bits per heavy atom. The quantitative estimate of drug-likeness (QED) is 0.366. The van der Waals surface area contributed by atoms with Crippen LogP contribution in [0.3, 0.4) is 0 Å². The Balaban J connectivity index is 0. The van der Waals surface area contributed by atoms with E-state index in [1.165, 1.54) is 6.92 Å². The third-order valence-electron chi connectivity index (χ3n) is 1.54. The normalized spacial score (nSPS) is 16.9. The van der Waals surface area contributed by atoms with Gasteiger partial charge in [-0.25, -0.2) is 9.59 Å². The molecule has 21 heavy (non-hydrogen) atoms. The number of ether oxygens (including phenoxy) is 2. The summed E-state index contributed by atoms with van der Waals surface area (Å²) in [5.74, 6) is -1.16. The summed E-state index contributed by atoms with van der Waals surface area (Å²) in [7, 11) is 0. The number of esters is 2. The van der Waals surface area contributed by atoms with Crippen molar-refractivity contribution in [1.82, 2.24) is 0 Å². The molecule has 0 aliphatic carbocycles. The molecule has 8 nitrogen and oxygen atoms in total. The van der Waals surface area contributed by atoms with Crippen molar-refractivity contribution in [2.24, 2.45) is 0 Å². The molecule has 0 spiro atoms. The summed E-state index contributed by atoms with van der Waals surface area (Å²) in [6, 6.07) is 0. The molecule has 124 valence electrons. The number of hydrogen-bond donors (Lipinski definition) is 4. The maximum atomic E-state index is 9.92. The molecule has 1 rings (SSSR count). The van der Waals surface area contributed by atoms with Crippen LogP contribution >= 0.6 is 0 Å². The lowest BCUT2D eigenvalue weighted by atomic mass is 10.4. The van der Waals surface area contributed by atoms with Crippen molar-refractivity contribution in [1.29, 1.82) is 0 Å². The maximum Gasteiger partial charge on any atom is 0.338 e. The van der Waals surface area contributed by atoms with Gasteiger partial charge in [0, 0.05) is 12.2 Å². The van der Waals surface area contributed by atoms with E-state index in [1.54, 1.807) is 13.8 Å². The average molecular weight is 308 g/mol. The number of carbonyl (C=O) groups is 2. The topological polar surface area (TPSA) is 134 Å². The first-order valence-corrected chi connectivity index (χ1v) is 6.35. The summed E-state index contributed by atoms with van der Waals surface area (Å²) in [4.78, 5) is 19.8. The number of aliphatic hydroxyl groups is 4. The van der Waals surface area contributed by atoms with Crippen molar-refractivity contribution in [3.63, 3.8) is 0 Å². The van der Waals surface area contributed by atoms with E-state index in [2.05, 4.69) is 4.74 Å². The first-order chi connectivity index (χ1) is 9.68. The van der Waals surface area contributed by atoms with Crippen molar-refractivity contribution in [3.8, 4) is 0 Å². The number of hydrogen-bond acceptors (Lipinski definition) is 8. The zero-order valence-electron chi connectivity index (χ0n) is 12.4. The number of carbonyl (C=O) groups excluding carboxylic acids is 2. The van der Waals surface area contributed by atoms with Crippen molar-refractivity contribution >= 4 is 11.9 Å². The monoisotopic (exact) mass is 308 g/mol. The van der Waals surface area contributed by atoms with Crippen LogP contribution in [0, 0.1) is 0 Å². The Morgan fingerprint density at radius 1 is 0.952 bits per heavy atom. The zero-order valence-corrected chi connectivity index (χ0v) is 12.4. The summed E-state index contributed by atoms with van der Waals surface area (Å²) in [6.07, 6.45) is 0.729. The van der Waals surface area contributed by atoms with E-state index in [4.69, 9.17) is 25.2 Å². The highest BCUT2D eigenvalue weighted by molar-refractivity contribution is 6.04. The highest BCUT2D eigenvalue weighted by atomic mass is 16.6. The average Bonchev–Trinajstić information content (AvgIpc) is 2.73. The molecule has 0 aromatic carbocycles. The molecule has 1 aliphatic heterocycles. The standard InChI is InChI=1S/C6H14O3.C4H2O3.C3H8O2/c1-5(7)3-9-4-6(2)8;5-3-1-2-4(6)7-3;1-3(5)2-4/h5-8H,3-4H2,1-2H3;1-2H;3-5H,2H2,1H3. The van der Waals surface area contributed by atoms with Crippen molar-refractivity contribution in [3.05, 3.63) is 12.2 Å². The largest absolute Gasteiger partial charge is 0.394 e. The van der Waals surface area contributed by atoms with Crippen molar-refractivity contribution < 1.29 is 39.5 Å². The molecule has 0 fully saturated rings. The van der Waals surface area contributed by atoms with Gasteiger partial charge in [0.15, 0.2) is 0 Å². The second kappa shape index (κ2) is 13.7. The van der Waals surface area contributed by atoms with Crippen LogP contribution in [0.5, 0.6) is 0 Å². The molecule has 0 saturated carbocycles. The minimum atomic E-state index is -0.579. The molecule has 0 amide bonds. The van der Waals surface area contributed by atoms with E-state index in [1.807, 2.05) is 0 Å². The number of aliphatic hydroxyl groups excluding tert-OH is 4. The van der Waals surface area contributed by atoms with Gasteiger partial charge in [-0.15, -0.1) is 0 Å². The molecule has 1 heterocycles. The molecule has 0 aromatic rings. The van der Waals surface area contributed by atoms with Crippen LogP contribution in [-0.2, 0) is 19.1 Å². The molecule has 0 radical (unpaired) electrons. The highest BCUT2D eigenvalue weighted by Crippen LogP contribution is 1.92. The van der Waals surface area contributed by atoms with E-state index in [0.29, 0.717) is 13.2 Å². The fourth-order valence-electron chi connectivity index (χ4n) is 0.712. The van der Waals surface area contributed by atoms with Crippen LogP contribution in [0.25, 0.3) is 0 Å². The van der Waals surface area contributed by atoms with Gasteiger partial charge in [-0.1, -0.05) is 0 Å². The first-order valence-electron chi connectivity index (χ1n) is 6.35. The fraction of sp³-hybridized carbons (Fsp3) is 0.692. The Bertz CT molecular complexity index is 285. The van der Waals surface area contributed by atoms with Crippen LogP contribution in [0.15, 0.2) is 12.2 Å². The van der Waals surface area contributed by atoms with Crippen LogP contribution in [0.4, 0.5) is 0 Å². The van der Waals surface area contributed by atoms with E-state index < -0.39 is 30.3 Å². The van der Waals surface area contributed by atoms with Crippen LogP contribution in [0.2, 0.25) is 0 Å². The molecule has 1 aliphatic rings. The van der Waals surface area contributed by atoms with Gasteiger partial charge >= 0.3 is 11.9 Å². The zero-order chi connectivity index (χ0) is 16.8. The van der Waals surface area contributed by atoms with E-state index in [-0.39, 0.29) is 6.61 Å². The molecule has 3 unspecified atom stereocenters. The van der Waals surface area contributed by atoms with Crippen LogP contribution in [-0.4, -0.2) is 70.5 Å². The van der Waals surface area contributed by atoms with Crippen molar-refractivity contribution in [2.75, 3.05) is 19.8 Å². The number of rotatable bonds is 5. The van der Waals surface area contributed by atoms with Gasteiger partial charge in [-0.3, -0.25) is 0 Å². The van der Waals surface area contributed by atoms with Gasteiger partial charge in [0.05, 0.1) is 38.1 Å². The Labute approximate surface area is 123 Å². The van der Waals surface area contributed by atoms with Gasteiger partial charge in [-0.2, -0.15) is 0 Å². The summed E-state index contributed by atoms with van der Waals surface area (Å²) >= 11 is 0. The lowest BCUT2D eigenvalue weighted by Crippen LogP contribution is -2.16. The maximum absolute atomic E-state index is 9.92. The lowest BCUT2D eigenvalue weighted by Gasteiger charge is -2.06. The minimum Gasteiger partial charge on any atom is -0.394 e. The summed E-state index contributed by atoms with van der Waals surface area (Å²) in [6.45, 7) is 5.26. The summed E-state index contributed by atoms with van der Waals surface area (Å²) in [5.41, 5.74) is 0. The van der Waals surface area contributed by atoms with Gasteiger partial charge in [-0.05, 0) is 20.8 Å². The van der Waals surface area contributed by atoms with Crippen LogP contribution in [0.1, 0.15) is 20.8 Å². The molecular weight excluding hydrogens is 284 g/mol. The van der Waals surface area contributed by atoms with E-state index >= 15 is 0 Å². The smallest absolute Gasteiger partial charge is 0.338 e. The predicted octanol–water partition coefficient (Wildman–Crippen LogP) is -1.25. The summed E-state index contributed by atoms with van der Waals surface area (Å²) < 4.78 is 8.83. The third-order valence-corrected chi connectivity index (χ3v) is 1.54. The second-order valence-corrected chi connectivity index (χ2v) is 4.34.